The normalized spacial score (nSPS) is 22.4. The highest BCUT2D eigenvalue weighted by molar-refractivity contribution is 5.97. The lowest BCUT2D eigenvalue weighted by atomic mass is 9.78. The second-order valence-electron chi connectivity index (χ2n) is 31.4. The second-order valence-corrected chi connectivity index (χ2v) is 31.4. The van der Waals surface area contributed by atoms with Gasteiger partial charge in [0.25, 0.3) is 23.6 Å². The lowest BCUT2D eigenvalue weighted by Gasteiger charge is -2.27. The van der Waals surface area contributed by atoms with Crippen molar-refractivity contribution < 1.29 is 38.1 Å². The smallest absolute Gasteiger partial charge is 0.253 e. The van der Waals surface area contributed by atoms with Gasteiger partial charge in [-0.05, 0) is 186 Å². The fourth-order valence-electron chi connectivity index (χ4n) is 16.5. The van der Waals surface area contributed by atoms with Gasteiger partial charge in [0.05, 0.1) is 26.4 Å². The Kier molecular flexibility index (Phi) is 24.3. The molecule has 4 atom stereocenters. The maximum atomic E-state index is 12.9. The molecular weight excluding hydrogens is 1270 g/mol. The minimum Gasteiger partial charge on any atom is -0.492 e. The van der Waals surface area contributed by atoms with Crippen molar-refractivity contribution in [3.8, 4) is 23.0 Å². The summed E-state index contributed by atoms with van der Waals surface area (Å²) in [4.78, 5) is 59.0. The van der Waals surface area contributed by atoms with Gasteiger partial charge >= 0.3 is 0 Å². The third kappa shape index (κ3) is 17.5. The van der Waals surface area contributed by atoms with Crippen LogP contribution in [-0.4, -0.2) is 122 Å². The third-order valence-electron chi connectivity index (χ3n) is 22.9. The summed E-state index contributed by atoms with van der Waals surface area (Å²) in [6.45, 7) is 23.3. The summed E-state index contributed by atoms with van der Waals surface area (Å²) in [7, 11) is 0. The molecule has 4 fully saturated rings. The van der Waals surface area contributed by atoms with Gasteiger partial charge in [0.2, 0.25) is 0 Å². The monoisotopic (exact) mass is 1380 g/mol. The Bertz CT molecular complexity index is 4050. The molecule has 4 unspecified atom stereocenters. The molecule has 4 amide bonds. The number of rotatable bonds is 17. The van der Waals surface area contributed by atoms with Gasteiger partial charge in [0, 0.05) is 119 Å². The summed E-state index contributed by atoms with van der Waals surface area (Å²) in [6, 6.07) is 49.9. The zero-order chi connectivity index (χ0) is 71.1. The summed E-state index contributed by atoms with van der Waals surface area (Å²) >= 11 is 0. The lowest BCUT2D eigenvalue weighted by molar-refractivity contribution is 0.0716. The number of nitrogens with zero attached hydrogens (tertiary/aromatic N) is 4. The van der Waals surface area contributed by atoms with Gasteiger partial charge in [0.15, 0.2) is 0 Å². The van der Waals surface area contributed by atoms with Crippen molar-refractivity contribution in [2.24, 2.45) is 0 Å². The van der Waals surface area contributed by atoms with Crippen LogP contribution in [0.3, 0.4) is 0 Å². The largest absolute Gasteiger partial charge is 0.492 e. The van der Waals surface area contributed by atoms with E-state index in [0.29, 0.717) is 19.8 Å². The Hall–Kier alpha value is -8.38. The van der Waals surface area contributed by atoms with Crippen LogP contribution in [0.4, 0.5) is 0 Å². The molecule has 12 nitrogen and oxygen atoms in total. The number of piperidine rings is 4. The van der Waals surface area contributed by atoms with Crippen molar-refractivity contribution in [3.63, 3.8) is 0 Å². The van der Waals surface area contributed by atoms with Crippen LogP contribution in [0.25, 0.3) is 10.8 Å². The SMILES string of the molecule is CC1(Cc2ccc3ccccc3c2)COc2cc(C(=O)N3CCCCC3)ccc21.CC1(Cc2ccccc2)COc2ccc(C(=O)N3CCCCC3)cc21.CCC/C=C/CC1(C)COc2cc(C(=O)N3CCCCC3)ccc21.CCCCCCC1(C)COc2cc(C(=O)N3CCCCC3)ccc21. The summed E-state index contributed by atoms with van der Waals surface area (Å²) in [5.41, 5.74) is 10.6. The second kappa shape index (κ2) is 33.8. The molecule has 0 bridgehead atoms. The molecule has 12 heteroatoms. The number of ether oxygens (including phenoxy) is 4. The van der Waals surface area contributed by atoms with Gasteiger partial charge in [0.1, 0.15) is 23.0 Å². The van der Waals surface area contributed by atoms with Crippen LogP contribution in [0, 0.1) is 0 Å². The van der Waals surface area contributed by atoms with E-state index in [4.69, 9.17) is 18.9 Å². The first-order chi connectivity index (χ1) is 49.6. The molecule has 0 aromatic heterocycles. The molecule has 4 saturated heterocycles. The van der Waals surface area contributed by atoms with E-state index in [0.717, 1.165) is 181 Å². The molecule has 540 valence electrons. The van der Waals surface area contributed by atoms with Crippen LogP contribution >= 0.6 is 0 Å². The van der Waals surface area contributed by atoms with Crippen LogP contribution in [0.1, 0.15) is 245 Å². The number of unbranched alkanes of at least 4 members (excludes halogenated alkanes) is 4. The molecule has 0 spiro atoms. The van der Waals surface area contributed by atoms with Crippen LogP contribution < -0.4 is 18.9 Å². The Labute approximate surface area is 608 Å². The number of carbonyl (C=O) groups excluding carboxylic acids is 4. The maximum absolute atomic E-state index is 12.9. The van der Waals surface area contributed by atoms with E-state index in [1.54, 1.807) is 0 Å². The fraction of sp³-hybridized carbons (Fsp3) is 0.489. The van der Waals surface area contributed by atoms with Gasteiger partial charge < -0.3 is 38.5 Å². The van der Waals surface area contributed by atoms with E-state index in [-0.39, 0.29) is 45.3 Å². The zero-order valence-electron chi connectivity index (χ0n) is 62.1. The van der Waals surface area contributed by atoms with E-state index < -0.39 is 0 Å². The molecule has 7 aromatic carbocycles. The number of allylic oxidation sites excluding steroid dienone is 2. The third-order valence-corrected chi connectivity index (χ3v) is 22.9. The first kappa shape index (κ1) is 73.4. The van der Waals surface area contributed by atoms with E-state index in [1.807, 2.05) is 74.2 Å². The van der Waals surface area contributed by atoms with Gasteiger partial charge in [-0.15, -0.1) is 0 Å². The van der Waals surface area contributed by atoms with Gasteiger partial charge in [-0.25, -0.2) is 0 Å². The van der Waals surface area contributed by atoms with E-state index in [1.165, 1.54) is 108 Å². The highest BCUT2D eigenvalue weighted by Gasteiger charge is 2.41. The summed E-state index contributed by atoms with van der Waals surface area (Å²) in [5, 5.41) is 2.54. The number of likely N-dealkylation sites (tertiary alicyclic amines) is 4. The molecule has 102 heavy (non-hydrogen) atoms. The molecule has 0 radical (unpaired) electrons. The van der Waals surface area contributed by atoms with Crippen molar-refractivity contribution in [2.45, 2.75) is 204 Å². The van der Waals surface area contributed by atoms with E-state index in [9.17, 15) is 19.2 Å². The molecule has 8 aliphatic heterocycles. The predicted molar refractivity (Wildman–Crippen MR) is 411 cm³/mol. The Morgan fingerprint density at radius 3 is 1.26 bits per heavy atom. The summed E-state index contributed by atoms with van der Waals surface area (Å²) in [6.07, 6.45) is 29.9. The molecule has 7 aromatic rings. The number of benzene rings is 7. The van der Waals surface area contributed by atoms with Gasteiger partial charge in [-0.1, -0.05) is 177 Å². The number of hydrogen-bond donors (Lipinski definition) is 0. The van der Waals surface area contributed by atoms with E-state index >= 15 is 0 Å². The molecule has 0 aliphatic carbocycles. The Balaban J connectivity index is 0.000000129. The lowest BCUT2D eigenvalue weighted by Crippen LogP contribution is -2.35. The summed E-state index contributed by atoms with van der Waals surface area (Å²) < 4.78 is 23.9. The van der Waals surface area contributed by atoms with Crippen molar-refractivity contribution in [1.29, 1.82) is 0 Å². The standard InChI is InChI=1S/C26H27NO2.C22H25NO2.C21H31NO2.C21H29NO2/c1-26(17-19-9-10-20-7-3-4-8-21(20)15-19)18-29-24-16-22(11-12-23(24)26)25(28)27-13-5-2-6-14-27;1-22(15-17-8-4-2-5-9-17)16-25-20-11-10-18(14-19(20)22)21(24)23-12-6-3-7-13-23;2*1-3-4-5-7-12-21(2)16-24-19-15-17(10-11-18(19)21)20(23)22-13-8-6-9-14-22/h3-4,7-12,15-16H,2,5-6,13-14,17-18H2,1H3;2,4-5,8-11,14H,3,6-7,12-13,15-16H2,1H3;10-11,15H,3-9,12-14,16H2,1-2H3;5,7,10-11,15H,3-4,6,8-9,12-14,16H2,1-2H3/b;;;7-5+. The number of hydrogen-bond acceptors (Lipinski definition) is 8. The Morgan fingerprint density at radius 2 is 0.765 bits per heavy atom. The average Bonchev–Trinajstić information content (AvgIpc) is 1.63. The first-order valence-electron chi connectivity index (χ1n) is 39.0. The van der Waals surface area contributed by atoms with Gasteiger partial charge in [-0.2, -0.15) is 0 Å². The quantitative estimate of drug-likeness (QED) is 0.0653. The van der Waals surface area contributed by atoms with Crippen molar-refractivity contribution in [3.05, 3.63) is 213 Å². The Morgan fingerprint density at radius 1 is 0.353 bits per heavy atom. The molecule has 8 aliphatic rings. The predicted octanol–water partition coefficient (Wildman–Crippen LogP) is 19.2. The number of carbonyl (C=O) groups is 4. The minimum absolute atomic E-state index is 0.0201. The fourth-order valence-corrected chi connectivity index (χ4v) is 16.5. The maximum Gasteiger partial charge on any atom is 0.253 e. The highest BCUT2D eigenvalue weighted by Crippen LogP contribution is 2.46. The summed E-state index contributed by atoms with van der Waals surface area (Å²) in [5.74, 6) is 4.23. The van der Waals surface area contributed by atoms with Crippen molar-refractivity contribution >= 4 is 34.4 Å². The number of amides is 4. The first-order valence-corrected chi connectivity index (χ1v) is 39.0. The van der Waals surface area contributed by atoms with Crippen molar-refractivity contribution in [1.82, 2.24) is 19.6 Å². The molecule has 8 heterocycles. The van der Waals surface area contributed by atoms with Crippen LogP contribution in [0.5, 0.6) is 23.0 Å². The van der Waals surface area contributed by atoms with Crippen LogP contribution in [0.15, 0.2) is 158 Å². The average molecular weight is 1380 g/mol. The molecule has 15 rings (SSSR count). The van der Waals surface area contributed by atoms with Crippen molar-refractivity contribution in [2.75, 3.05) is 78.8 Å². The molecular formula is C90H112N4O8. The van der Waals surface area contributed by atoms with Gasteiger partial charge in [-0.3, -0.25) is 19.2 Å². The molecule has 0 saturated carbocycles. The topological polar surface area (TPSA) is 118 Å². The van der Waals surface area contributed by atoms with Crippen LogP contribution in [0.2, 0.25) is 0 Å². The zero-order valence-corrected chi connectivity index (χ0v) is 62.1. The number of fused-ring (bicyclic) bond motifs is 5. The van der Waals surface area contributed by atoms with E-state index in [2.05, 4.69) is 145 Å². The molecule has 0 N–H and O–H groups in total. The highest BCUT2D eigenvalue weighted by atomic mass is 16.5. The minimum atomic E-state index is -0.0884. The van der Waals surface area contributed by atoms with Crippen LogP contribution in [-0.2, 0) is 34.5 Å².